The van der Waals surface area contributed by atoms with Crippen molar-refractivity contribution in [3.63, 3.8) is 0 Å². The predicted molar refractivity (Wildman–Crippen MR) is 91.8 cm³/mol. The Balaban J connectivity index is 1.63. The second kappa shape index (κ2) is 7.98. The third-order valence-corrected chi connectivity index (χ3v) is 4.07. The number of amides is 1. The zero-order chi connectivity index (χ0) is 17.6. The highest BCUT2D eigenvalue weighted by molar-refractivity contribution is 5.94. The number of furan rings is 1. The van der Waals surface area contributed by atoms with Crippen molar-refractivity contribution in [2.24, 2.45) is 0 Å². The molecular formula is C19H22N2O4. The first-order chi connectivity index (χ1) is 12.1. The molecule has 1 aromatic heterocycles. The van der Waals surface area contributed by atoms with Crippen molar-refractivity contribution in [1.82, 2.24) is 10.2 Å². The van der Waals surface area contributed by atoms with Gasteiger partial charge in [-0.25, -0.2) is 0 Å². The van der Waals surface area contributed by atoms with Gasteiger partial charge in [-0.2, -0.15) is 0 Å². The van der Waals surface area contributed by atoms with Crippen molar-refractivity contribution in [2.75, 3.05) is 13.7 Å². The van der Waals surface area contributed by atoms with Crippen molar-refractivity contribution >= 4 is 11.9 Å². The van der Waals surface area contributed by atoms with E-state index in [1.54, 1.807) is 6.26 Å². The van der Waals surface area contributed by atoms with Crippen LogP contribution in [-0.2, 0) is 22.6 Å². The maximum absolute atomic E-state index is 12.0. The number of carbonyl (C=O) groups excluding carboxylic acids is 2. The number of hydrogen-bond donors (Lipinski definition) is 1. The summed E-state index contributed by atoms with van der Waals surface area (Å²) in [5.41, 5.74) is 1.67. The molecule has 1 aliphatic carbocycles. The summed E-state index contributed by atoms with van der Waals surface area (Å²) in [4.78, 5) is 25.6. The Bertz CT molecular complexity index is 706. The van der Waals surface area contributed by atoms with Crippen LogP contribution in [0.4, 0.5) is 0 Å². The Kier molecular flexibility index (Phi) is 5.50. The number of nitrogens with one attached hydrogen (secondary N) is 1. The van der Waals surface area contributed by atoms with Gasteiger partial charge in [-0.05, 0) is 42.7 Å². The third kappa shape index (κ3) is 5.19. The fourth-order valence-electron chi connectivity index (χ4n) is 2.55. The van der Waals surface area contributed by atoms with Gasteiger partial charge in [-0.1, -0.05) is 12.1 Å². The lowest BCUT2D eigenvalue weighted by Crippen LogP contribution is -2.29. The highest BCUT2D eigenvalue weighted by atomic mass is 16.5. The van der Waals surface area contributed by atoms with Gasteiger partial charge in [0.1, 0.15) is 5.76 Å². The van der Waals surface area contributed by atoms with Crippen LogP contribution >= 0.6 is 0 Å². The average molecular weight is 342 g/mol. The molecule has 0 radical (unpaired) electrons. The van der Waals surface area contributed by atoms with Crippen molar-refractivity contribution in [3.05, 3.63) is 59.5 Å². The summed E-state index contributed by atoms with van der Waals surface area (Å²) in [6, 6.07) is 11.5. The average Bonchev–Trinajstić information content (AvgIpc) is 3.28. The van der Waals surface area contributed by atoms with Gasteiger partial charge >= 0.3 is 5.97 Å². The number of ether oxygens (including phenoxy) is 1. The third-order valence-electron chi connectivity index (χ3n) is 4.07. The van der Waals surface area contributed by atoms with E-state index >= 15 is 0 Å². The molecule has 6 heteroatoms. The zero-order valence-electron chi connectivity index (χ0n) is 14.2. The summed E-state index contributed by atoms with van der Waals surface area (Å²) in [5.74, 6) is 0.451. The molecule has 0 atom stereocenters. The second-order valence-electron chi connectivity index (χ2n) is 6.25. The van der Waals surface area contributed by atoms with E-state index in [4.69, 9.17) is 9.15 Å². The number of benzene rings is 1. The number of carbonyl (C=O) groups is 2. The molecule has 3 rings (SSSR count). The number of rotatable bonds is 8. The van der Waals surface area contributed by atoms with E-state index in [2.05, 4.69) is 5.32 Å². The van der Waals surface area contributed by atoms with Crippen LogP contribution in [0.5, 0.6) is 0 Å². The van der Waals surface area contributed by atoms with E-state index in [0.29, 0.717) is 24.7 Å². The molecule has 1 amide bonds. The highest BCUT2D eigenvalue weighted by Crippen LogP contribution is 2.19. The fraction of sp³-hybridized carbons (Fsp3) is 0.368. The Labute approximate surface area is 146 Å². The normalized spacial score (nSPS) is 13.7. The molecule has 0 bridgehead atoms. The Morgan fingerprint density at radius 3 is 2.56 bits per heavy atom. The lowest BCUT2D eigenvalue weighted by molar-refractivity contribution is -0.142. The minimum absolute atomic E-state index is 0.0314. The van der Waals surface area contributed by atoms with Crippen molar-refractivity contribution in [3.8, 4) is 0 Å². The molecule has 0 unspecified atom stereocenters. The molecule has 0 spiro atoms. The first-order valence-corrected chi connectivity index (χ1v) is 8.35. The molecule has 1 fully saturated rings. The van der Waals surface area contributed by atoms with E-state index in [9.17, 15) is 9.59 Å². The first-order valence-electron chi connectivity index (χ1n) is 8.35. The molecule has 1 saturated carbocycles. The minimum Gasteiger partial charge on any atom is -0.468 e. The van der Waals surface area contributed by atoms with Gasteiger partial charge in [0.2, 0.25) is 0 Å². The summed E-state index contributed by atoms with van der Waals surface area (Å²) < 4.78 is 10.1. The van der Waals surface area contributed by atoms with E-state index in [-0.39, 0.29) is 18.4 Å². The summed E-state index contributed by atoms with van der Waals surface area (Å²) in [6.45, 7) is 1.23. The van der Waals surface area contributed by atoms with Gasteiger partial charge in [0.25, 0.3) is 5.91 Å². The van der Waals surface area contributed by atoms with Crippen LogP contribution in [0.3, 0.4) is 0 Å². The fourth-order valence-corrected chi connectivity index (χ4v) is 2.55. The van der Waals surface area contributed by atoms with E-state index < -0.39 is 0 Å². The van der Waals surface area contributed by atoms with Crippen LogP contribution in [0.2, 0.25) is 0 Å². The van der Waals surface area contributed by atoms with E-state index in [1.165, 1.54) is 7.11 Å². The quantitative estimate of drug-likeness (QED) is 0.746. The van der Waals surface area contributed by atoms with Crippen LogP contribution < -0.4 is 5.32 Å². The predicted octanol–water partition coefficient (Wildman–Crippen LogP) is 2.35. The van der Waals surface area contributed by atoms with Gasteiger partial charge in [0.15, 0.2) is 0 Å². The van der Waals surface area contributed by atoms with Gasteiger partial charge in [0, 0.05) is 18.2 Å². The monoisotopic (exact) mass is 342 g/mol. The van der Waals surface area contributed by atoms with E-state index in [1.807, 2.05) is 41.3 Å². The molecular weight excluding hydrogens is 320 g/mol. The summed E-state index contributed by atoms with van der Waals surface area (Å²) in [6.07, 6.45) is 3.75. The molecule has 1 aliphatic rings. The van der Waals surface area contributed by atoms with Crippen molar-refractivity contribution < 1.29 is 18.7 Å². The number of nitrogens with zero attached hydrogens (tertiary/aromatic N) is 1. The van der Waals surface area contributed by atoms with Gasteiger partial charge in [-0.3, -0.25) is 14.5 Å². The first kappa shape index (κ1) is 17.2. The number of hydrogen-bond acceptors (Lipinski definition) is 5. The smallest absolute Gasteiger partial charge is 0.319 e. The molecule has 1 N–H and O–H groups in total. The molecule has 132 valence electrons. The molecule has 0 saturated heterocycles. The number of methoxy groups -OCH3 is 1. The molecule has 2 aromatic rings. The maximum Gasteiger partial charge on any atom is 0.319 e. The van der Waals surface area contributed by atoms with Crippen LogP contribution in [0, 0.1) is 0 Å². The summed E-state index contributed by atoms with van der Waals surface area (Å²) in [7, 11) is 1.38. The molecule has 0 aliphatic heterocycles. The second-order valence-corrected chi connectivity index (χ2v) is 6.25. The molecule has 6 nitrogen and oxygen atoms in total. The van der Waals surface area contributed by atoms with Crippen LogP contribution in [-0.4, -0.2) is 36.5 Å². The molecule has 25 heavy (non-hydrogen) atoms. The maximum atomic E-state index is 12.0. The molecule has 1 heterocycles. The van der Waals surface area contributed by atoms with Crippen LogP contribution in [0.25, 0.3) is 0 Å². The lowest BCUT2D eigenvalue weighted by atomic mass is 10.1. The summed E-state index contributed by atoms with van der Waals surface area (Å²) in [5, 5.41) is 2.97. The molecule has 1 aromatic carbocycles. The SMILES string of the molecule is COC(=O)CN(Cc1ccc(C(=O)NC2CC2)cc1)Cc1ccco1. The van der Waals surface area contributed by atoms with Gasteiger partial charge < -0.3 is 14.5 Å². The zero-order valence-corrected chi connectivity index (χ0v) is 14.2. The Hall–Kier alpha value is -2.60. The van der Waals surface area contributed by atoms with Crippen LogP contribution in [0.15, 0.2) is 47.1 Å². The van der Waals surface area contributed by atoms with Crippen molar-refractivity contribution in [1.29, 1.82) is 0 Å². The van der Waals surface area contributed by atoms with Gasteiger partial charge in [-0.15, -0.1) is 0 Å². The van der Waals surface area contributed by atoms with Crippen LogP contribution in [0.1, 0.15) is 34.5 Å². The summed E-state index contributed by atoms with van der Waals surface area (Å²) >= 11 is 0. The van der Waals surface area contributed by atoms with Gasteiger partial charge in [0.05, 0.1) is 26.5 Å². The highest BCUT2D eigenvalue weighted by Gasteiger charge is 2.23. The number of esters is 1. The lowest BCUT2D eigenvalue weighted by Gasteiger charge is -2.20. The standard InChI is InChI=1S/C19H22N2O4/c1-24-18(22)13-21(12-17-3-2-10-25-17)11-14-4-6-15(7-5-14)19(23)20-16-8-9-16/h2-7,10,16H,8-9,11-13H2,1H3,(H,20,23). The van der Waals surface area contributed by atoms with Crippen molar-refractivity contribution in [2.45, 2.75) is 32.0 Å². The minimum atomic E-state index is -0.299. The topological polar surface area (TPSA) is 71.8 Å². The largest absolute Gasteiger partial charge is 0.468 e. The van der Waals surface area contributed by atoms with E-state index in [0.717, 1.165) is 24.2 Å². The Morgan fingerprint density at radius 2 is 1.96 bits per heavy atom. The Morgan fingerprint density at radius 1 is 1.20 bits per heavy atom.